The van der Waals surface area contributed by atoms with Crippen molar-refractivity contribution in [1.29, 1.82) is 0 Å². The molecule has 0 aliphatic heterocycles. The highest BCUT2D eigenvalue weighted by Crippen LogP contribution is 2.22. The molecule has 0 radical (unpaired) electrons. The first kappa shape index (κ1) is 23.3. The van der Waals surface area contributed by atoms with E-state index >= 15 is 0 Å². The fourth-order valence-electron chi connectivity index (χ4n) is 3.39. The van der Waals surface area contributed by atoms with Gasteiger partial charge in [0.15, 0.2) is 5.76 Å². The van der Waals surface area contributed by atoms with Gasteiger partial charge in [0.2, 0.25) is 10.0 Å². The average Bonchev–Trinajstić information content (AvgIpc) is 3.27. The number of amides is 1. The number of sulfonamides is 1. The van der Waals surface area contributed by atoms with Gasteiger partial charge in [0, 0.05) is 24.5 Å². The van der Waals surface area contributed by atoms with Gasteiger partial charge in [-0.15, -0.1) is 0 Å². The third-order valence-electron chi connectivity index (χ3n) is 5.40. The summed E-state index contributed by atoms with van der Waals surface area (Å²) in [4.78, 5) is 12.7. The quantitative estimate of drug-likeness (QED) is 0.367. The van der Waals surface area contributed by atoms with E-state index in [1.54, 1.807) is 48.5 Å². The highest BCUT2D eigenvalue weighted by Gasteiger charge is 2.20. The largest absolute Gasteiger partial charge is 0.454 e. The number of rotatable bonds is 8. The lowest BCUT2D eigenvalue weighted by molar-refractivity contribution is 0.0942. The van der Waals surface area contributed by atoms with E-state index in [1.165, 1.54) is 11.4 Å². The summed E-state index contributed by atoms with van der Waals surface area (Å²) in [5, 5.41) is 0.941. The average molecular weight is 476 g/mol. The summed E-state index contributed by atoms with van der Waals surface area (Å²) in [6.45, 7) is 5.99. The number of nitrogens with one attached hydrogen (secondary N) is 2. The number of furan rings is 1. The molecule has 0 fully saturated rings. The second-order valence-corrected chi connectivity index (χ2v) is 10.0. The van der Waals surface area contributed by atoms with Crippen LogP contribution in [0.15, 0.2) is 94.8 Å². The normalized spacial score (nSPS) is 11.5. The van der Waals surface area contributed by atoms with Gasteiger partial charge in [-0.3, -0.25) is 15.6 Å². The smallest absolute Gasteiger partial charge is 0.269 e. The monoisotopic (exact) mass is 475 g/mol. The third-order valence-corrected chi connectivity index (χ3v) is 7.22. The SMILES string of the molecule is C=C(NNC(=O)c1ccc(CN(C)S(=O)(=O)c2ccc(C)cc2)cc1)c1cc2ccccc2o1. The van der Waals surface area contributed by atoms with Crippen LogP contribution in [0.25, 0.3) is 16.7 Å². The van der Waals surface area contributed by atoms with E-state index in [1.807, 2.05) is 37.3 Å². The van der Waals surface area contributed by atoms with Crippen LogP contribution in [0.1, 0.15) is 27.2 Å². The fraction of sp³-hybridized carbons (Fsp3) is 0.115. The molecule has 0 saturated heterocycles. The molecule has 4 aromatic rings. The zero-order chi connectivity index (χ0) is 24.3. The molecule has 3 aromatic carbocycles. The predicted octanol–water partition coefficient (Wildman–Crippen LogP) is 4.47. The Balaban J connectivity index is 1.35. The zero-order valence-electron chi connectivity index (χ0n) is 18.9. The minimum absolute atomic E-state index is 0.180. The standard InChI is InChI=1S/C26H25N3O4S/c1-18-8-14-23(15-9-18)34(31,32)29(3)17-20-10-12-21(13-11-20)26(30)28-27-19(2)25-16-22-6-4-5-7-24(22)33-25/h4-16,27H,2,17H2,1,3H3,(H,28,30). The molecule has 0 spiro atoms. The van der Waals surface area contributed by atoms with Crippen molar-refractivity contribution in [3.63, 3.8) is 0 Å². The first-order valence-corrected chi connectivity index (χ1v) is 12.0. The third kappa shape index (κ3) is 5.03. The molecule has 174 valence electrons. The lowest BCUT2D eigenvalue weighted by Gasteiger charge is -2.17. The van der Waals surface area contributed by atoms with E-state index in [0.717, 1.165) is 22.1 Å². The molecule has 0 atom stereocenters. The van der Waals surface area contributed by atoms with Crippen LogP contribution in [0.5, 0.6) is 0 Å². The number of carbonyl (C=O) groups excluding carboxylic acids is 1. The van der Waals surface area contributed by atoms with Gasteiger partial charge in [0.1, 0.15) is 5.58 Å². The summed E-state index contributed by atoms with van der Waals surface area (Å²) in [6, 6.07) is 22.9. The molecule has 0 unspecified atom stereocenters. The van der Waals surface area contributed by atoms with Crippen molar-refractivity contribution in [2.75, 3.05) is 7.05 Å². The molecular weight excluding hydrogens is 450 g/mol. The van der Waals surface area contributed by atoms with Crippen molar-refractivity contribution in [2.45, 2.75) is 18.4 Å². The Kier molecular flexibility index (Phi) is 6.54. The number of hydrazine groups is 1. The van der Waals surface area contributed by atoms with E-state index in [2.05, 4.69) is 17.4 Å². The molecule has 0 aliphatic carbocycles. The molecule has 8 heteroatoms. The number of hydrogen-bond donors (Lipinski definition) is 2. The molecule has 0 saturated carbocycles. The topological polar surface area (TPSA) is 91.6 Å². The maximum absolute atomic E-state index is 12.8. The highest BCUT2D eigenvalue weighted by atomic mass is 32.2. The summed E-state index contributed by atoms with van der Waals surface area (Å²) < 4.78 is 32.6. The van der Waals surface area contributed by atoms with Gasteiger partial charge in [-0.2, -0.15) is 4.31 Å². The maximum Gasteiger partial charge on any atom is 0.269 e. The second-order valence-electron chi connectivity index (χ2n) is 7.98. The second kappa shape index (κ2) is 9.54. The van der Waals surface area contributed by atoms with Gasteiger partial charge in [0.05, 0.1) is 10.6 Å². The van der Waals surface area contributed by atoms with Crippen molar-refractivity contribution in [3.05, 3.63) is 108 Å². The first-order valence-electron chi connectivity index (χ1n) is 10.6. The summed E-state index contributed by atoms with van der Waals surface area (Å²) in [5.41, 5.74) is 8.69. The zero-order valence-corrected chi connectivity index (χ0v) is 19.7. The molecule has 0 aliphatic rings. The molecule has 2 N–H and O–H groups in total. The number of fused-ring (bicyclic) bond motifs is 1. The maximum atomic E-state index is 12.8. The molecule has 7 nitrogen and oxygen atoms in total. The summed E-state index contributed by atoms with van der Waals surface area (Å²) in [5.74, 6) is 0.166. The predicted molar refractivity (Wildman–Crippen MR) is 132 cm³/mol. The van der Waals surface area contributed by atoms with Crippen molar-refractivity contribution >= 4 is 32.6 Å². The Morgan fingerprint density at radius 3 is 2.32 bits per heavy atom. The Morgan fingerprint density at radius 1 is 0.971 bits per heavy atom. The van der Waals surface area contributed by atoms with Crippen molar-refractivity contribution in [3.8, 4) is 0 Å². The van der Waals surface area contributed by atoms with Crippen LogP contribution in [0.3, 0.4) is 0 Å². The van der Waals surface area contributed by atoms with Gasteiger partial charge >= 0.3 is 0 Å². The van der Waals surface area contributed by atoms with Crippen molar-refractivity contribution < 1.29 is 17.6 Å². The van der Waals surface area contributed by atoms with Crippen molar-refractivity contribution in [1.82, 2.24) is 15.2 Å². The summed E-state index contributed by atoms with van der Waals surface area (Å²) in [7, 11) is -2.08. The Hall–Kier alpha value is -3.88. The molecule has 34 heavy (non-hydrogen) atoms. The minimum Gasteiger partial charge on any atom is -0.454 e. The van der Waals surface area contributed by atoms with Crippen LogP contribution < -0.4 is 10.9 Å². The highest BCUT2D eigenvalue weighted by molar-refractivity contribution is 7.89. The molecule has 0 bridgehead atoms. The van der Waals surface area contributed by atoms with E-state index in [-0.39, 0.29) is 17.3 Å². The molecular formula is C26H25N3O4S. The van der Waals surface area contributed by atoms with Crippen molar-refractivity contribution in [2.24, 2.45) is 0 Å². The number of nitrogens with zero attached hydrogens (tertiary/aromatic N) is 1. The Morgan fingerprint density at radius 2 is 1.65 bits per heavy atom. The number of carbonyl (C=O) groups is 1. The van der Waals surface area contributed by atoms with Crippen LogP contribution in [-0.2, 0) is 16.6 Å². The lowest BCUT2D eigenvalue weighted by Crippen LogP contribution is -2.35. The van der Waals surface area contributed by atoms with E-state index in [0.29, 0.717) is 17.0 Å². The van der Waals surface area contributed by atoms with E-state index in [9.17, 15) is 13.2 Å². The Bertz CT molecular complexity index is 1410. The number of aryl methyl sites for hydroxylation is 1. The number of benzene rings is 3. The van der Waals surface area contributed by atoms with Gasteiger partial charge in [-0.05, 0) is 48.9 Å². The first-order chi connectivity index (χ1) is 16.2. The van der Waals surface area contributed by atoms with E-state index in [4.69, 9.17) is 4.42 Å². The Labute approximate surface area is 198 Å². The van der Waals surface area contributed by atoms with E-state index < -0.39 is 10.0 Å². The van der Waals surface area contributed by atoms with Crippen LogP contribution in [-0.4, -0.2) is 25.7 Å². The minimum atomic E-state index is -3.61. The van der Waals surface area contributed by atoms with Gasteiger partial charge < -0.3 is 4.42 Å². The van der Waals surface area contributed by atoms with Crippen LogP contribution >= 0.6 is 0 Å². The number of para-hydroxylation sites is 1. The summed E-state index contributed by atoms with van der Waals surface area (Å²) in [6.07, 6.45) is 0. The van der Waals surface area contributed by atoms with Crippen LogP contribution in [0.2, 0.25) is 0 Å². The van der Waals surface area contributed by atoms with Gasteiger partial charge in [-0.1, -0.05) is 54.6 Å². The van der Waals surface area contributed by atoms with Gasteiger partial charge in [-0.25, -0.2) is 8.42 Å². The van der Waals surface area contributed by atoms with Gasteiger partial charge in [0.25, 0.3) is 5.91 Å². The molecule has 4 rings (SSSR count). The van der Waals surface area contributed by atoms with Crippen LogP contribution in [0, 0.1) is 6.92 Å². The number of hydrogen-bond acceptors (Lipinski definition) is 5. The molecule has 1 heterocycles. The fourth-order valence-corrected chi connectivity index (χ4v) is 4.55. The molecule has 1 amide bonds. The van der Waals surface area contributed by atoms with Crippen LogP contribution in [0.4, 0.5) is 0 Å². The lowest BCUT2D eigenvalue weighted by atomic mass is 10.1. The molecule has 1 aromatic heterocycles. The summed E-state index contributed by atoms with van der Waals surface area (Å²) >= 11 is 0.